The first-order valence-corrected chi connectivity index (χ1v) is 12.5. The van der Waals surface area contributed by atoms with Crippen molar-refractivity contribution >= 4 is 44.3 Å². The van der Waals surface area contributed by atoms with Gasteiger partial charge in [0.1, 0.15) is 6.54 Å². The number of fused-ring (bicyclic) bond motifs is 2. The SMILES string of the molecule is COC(=O)c1cn(CC(=O)OCC(=O)c2ccc3c(c2)CCCN3S(C)(=O)=O)c2ccccc12. The Morgan fingerprint density at radius 1 is 1.09 bits per heavy atom. The van der Waals surface area contributed by atoms with Crippen LogP contribution in [0.2, 0.25) is 0 Å². The van der Waals surface area contributed by atoms with Crippen molar-refractivity contribution in [1.29, 1.82) is 0 Å². The fraction of sp³-hybridized carbons (Fsp3) is 0.292. The number of benzene rings is 2. The summed E-state index contributed by atoms with van der Waals surface area (Å²) in [5.74, 6) is -1.53. The van der Waals surface area contributed by atoms with Gasteiger partial charge in [0.05, 0.1) is 24.6 Å². The van der Waals surface area contributed by atoms with Crippen LogP contribution in [0.25, 0.3) is 10.9 Å². The monoisotopic (exact) mass is 484 g/mol. The molecule has 0 bridgehead atoms. The summed E-state index contributed by atoms with van der Waals surface area (Å²) in [7, 11) is -2.11. The molecule has 1 aliphatic rings. The normalized spacial score (nSPS) is 13.4. The number of rotatable bonds is 7. The Labute approximate surface area is 196 Å². The molecule has 2 heterocycles. The number of esters is 2. The number of hydrogen-bond acceptors (Lipinski definition) is 7. The van der Waals surface area contributed by atoms with Gasteiger partial charge < -0.3 is 14.0 Å². The summed E-state index contributed by atoms with van der Waals surface area (Å²) in [6.07, 6.45) is 4.00. The molecule has 9 nitrogen and oxygen atoms in total. The van der Waals surface area contributed by atoms with Crippen molar-refractivity contribution in [3.8, 4) is 0 Å². The lowest BCUT2D eigenvalue weighted by molar-refractivity contribution is -0.143. The van der Waals surface area contributed by atoms with Crippen LogP contribution >= 0.6 is 0 Å². The molecule has 2 aromatic carbocycles. The van der Waals surface area contributed by atoms with Crippen LogP contribution in [0.4, 0.5) is 5.69 Å². The minimum absolute atomic E-state index is 0.182. The first-order valence-electron chi connectivity index (χ1n) is 10.6. The van der Waals surface area contributed by atoms with Crippen molar-refractivity contribution in [2.75, 3.05) is 30.8 Å². The average Bonchev–Trinajstić information content (AvgIpc) is 3.19. The largest absolute Gasteiger partial charge is 0.465 e. The molecule has 0 aliphatic carbocycles. The van der Waals surface area contributed by atoms with Gasteiger partial charge >= 0.3 is 11.9 Å². The third-order valence-corrected chi connectivity index (χ3v) is 6.92. The van der Waals surface area contributed by atoms with E-state index in [-0.39, 0.29) is 12.3 Å². The highest BCUT2D eigenvalue weighted by atomic mass is 32.2. The molecule has 0 amide bonds. The van der Waals surface area contributed by atoms with E-state index < -0.39 is 28.6 Å². The van der Waals surface area contributed by atoms with Gasteiger partial charge in [0, 0.05) is 29.2 Å². The number of carbonyl (C=O) groups excluding carboxylic acids is 3. The summed E-state index contributed by atoms with van der Waals surface area (Å²) >= 11 is 0. The molecular weight excluding hydrogens is 460 g/mol. The molecule has 0 N–H and O–H groups in total. The Balaban J connectivity index is 1.44. The molecule has 1 aliphatic heterocycles. The van der Waals surface area contributed by atoms with Gasteiger partial charge in [-0.25, -0.2) is 13.2 Å². The number of aryl methyl sites for hydroxylation is 1. The number of methoxy groups -OCH3 is 1. The van der Waals surface area contributed by atoms with Gasteiger partial charge in [-0.2, -0.15) is 0 Å². The highest BCUT2D eigenvalue weighted by Crippen LogP contribution is 2.30. The van der Waals surface area contributed by atoms with E-state index in [0.29, 0.717) is 47.1 Å². The standard InChI is InChI=1S/C24H24N2O7S/c1-32-24(29)19-13-25(21-8-4-3-7-18(19)21)14-23(28)33-15-22(27)17-9-10-20-16(12-17)6-5-11-26(20)34(2,30)31/h3-4,7-10,12-13H,5-6,11,14-15H2,1-2H3. The quantitative estimate of drug-likeness (QED) is 0.374. The van der Waals surface area contributed by atoms with Gasteiger partial charge in [0.25, 0.3) is 0 Å². The summed E-state index contributed by atoms with van der Waals surface area (Å²) < 4.78 is 36.9. The Morgan fingerprint density at radius 3 is 2.59 bits per heavy atom. The maximum Gasteiger partial charge on any atom is 0.340 e. The number of carbonyl (C=O) groups is 3. The lowest BCUT2D eigenvalue weighted by atomic mass is 9.99. The number of ketones is 1. The van der Waals surface area contributed by atoms with Crippen molar-refractivity contribution in [2.45, 2.75) is 19.4 Å². The molecule has 34 heavy (non-hydrogen) atoms. The lowest BCUT2D eigenvalue weighted by Crippen LogP contribution is -2.34. The van der Waals surface area contributed by atoms with Crippen LogP contribution in [0.5, 0.6) is 0 Å². The van der Waals surface area contributed by atoms with Gasteiger partial charge in [-0.05, 0) is 42.7 Å². The van der Waals surface area contributed by atoms with Crippen LogP contribution in [0, 0.1) is 0 Å². The first kappa shape index (κ1) is 23.5. The molecule has 0 saturated heterocycles. The molecule has 0 atom stereocenters. The fourth-order valence-electron chi connectivity index (χ4n) is 4.14. The van der Waals surface area contributed by atoms with Crippen molar-refractivity contribution in [2.24, 2.45) is 0 Å². The molecule has 0 unspecified atom stereocenters. The molecule has 1 aromatic heterocycles. The highest BCUT2D eigenvalue weighted by Gasteiger charge is 2.25. The Hall–Kier alpha value is -3.66. The second kappa shape index (κ2) is 9.30. The maximum atomic E-state index is 12.6. The summed E-state index contributed by atoms with van der Waals surface area (Å²) in [4.78, 5) is 37.1. The van der Waals surface area contributed by atoms with Crippen LogP contribution in [-0.2, 0) is 37.3 Å². The van der Waals surface area contributed by atoms with E-state index in [0.717, 1.165) is 11.8 Å². The van der Waals surface area contributed by atoms with E-state index in [4.69, 9.17) is 9.47 Å². The third-order valence-electron chi connectivity index (χ3n) is 5.74. The van der Waals surface area contributed by atoms with E-state index >= 15 is 0 Å². The summed E-state index contributed by atoms with van der Waals surface area (Å²) in [6.45, 7) is -0.225. The van der Waals surface area contributed by atoms with Gasteiger partial charge in [-0.3, -0.25) is 13.9 Å². The number of nitrogens with zero attached hydrogens (tertiary/aromatic N) is 2. The zero-order valence-electron chi connectivity index (χ0n) is 18.8. The number of para-hydroxylation sites is 1. The Bertz CT molecular complexity index is 1390. The molecule has 178 valence electrons. The van der Waals surface area contributed by atoms with E-state index in [2.05, 4.69) is 0 Å². The second-order valence-corrected chi connectivity index (χ2v) is 9.95. The van der Waals surface area contributed by atoms with Gasteiger partial charge in [0.2, 0.25) is 10.0 Å². The Morgan fingerprint density at radius 2 is 1.85 bits per heavy atom. The molecular formula is C24H24N2O7S. The van der Waals surface area contributed by atoms with Gasteiger partial charge in [-0.15, -0.1) is 0 Å². The van der Waals surface area contributed by atoms with Crippen LogP contribution in [0.1, 0.15) is 32.7 Å². The summed E-state index contributed by atoms with van der Waals surface area (Å²) in [5, 5.41) is 0.649. The highest BCUT2D eigenvalue weighted by molar-refractivity contribution is 7.92. The number of Topliss-reactive ketones (excluding diaryl/α,β-unsaturated/α-hetero) is 1. The summed E-state index contributed by atoms with van der Waals surface area (Å²) in [5.41, 5.74) is 2.68. The molecule has 4 rings (SSSR count). The lowest BCUT2D eigenvalue weighted by Gasteiger charge is -2.29. The number of ether oxygens (including phenoxy) is 2. The van der Waals surface area contributed by atoms with E-state index in [1.54, 1.807) is 47.0 Å². The third kappa shape index (κ3) is 4.67. The smallest absolute Gasteiger partial charge is 0.340 e. The van der Waals surface area contributed by atoms with E-state index in [1.165, 1.54) is 17.6 Å². The minimum atomic E-state index is -3.40. The van der Waals surface area contributed by atoms with Crippen molar-refractivity contribution in [1.82, 2.24) is 4.57 Å². The number of sulfonamides is 1. The molecule has 10 heteroatoms. The zero-order chi connectivity index (χ0) is 24.5. The van der Waals surface area contributed by atoms with Crippen molar-refractivity contribution < 1.29 is 32.3 Å². The number of hydrogen-bond donors (Lipinski definition) is 0. The van der Waals surface area contributed by atoms with Crippen molar-refractivity contribution in [3.05, 3.63) is 65.4 Å². The number of anilines is 1. The molecule has 3 aromatic rings. The predicted molar refractivity (Wildman–Crippen MR) is 126 cm³/mol. The topological polar surface area (TPSA) is 112 Å². The van der Waals surface area contributed by atoms with E-state index in [1.807, 2.05) is 0 Å². The summed E-state index contributed by atoms with van der Waals surface area (Å²) in [6, 6.07) is 11.9. The first-order chi connectivity index (χ1) is 16.2. The maximum absolute atomic E-state index is 12.6. The van der Waals surface area contributed by atoms with Crippen LogP contribution in [0.15, 0.2) is 48.7 Å². The van der Waals surface area contributed by atoms with E-state index in [9.17, 15) is 22.8 Å². The van der Waals surface area contributed by atoms with Crippen LogP contribution in [0.3, 0.4) is 0 Å². The minimum Gasteiger partial charge on any atom is -0.465 e. The number of aromatic nitrogens is 1. The van der Waals surface area contributed by atoms with Crippen LogP contribution < -0.4 is 4.31 Å². The molecule has 0 saturated carbocycles. The Kier molecular flexibility index (Phi) is 6.43. The second-order valence-electron chi connectivity index (χ2n) is 8.05. The fourth-order valence-corrected chi connectivity index (χ4v) is 5.14. The average molecular weight is 485 g/mol. The molecule has 0 fully saturated rings. The molecule has 0 spiro atoms. The zero-order valence-corrected chi connectivity index (χ0v) is 19.6. The molecule has 0 radical (unpaired) electrons. The van der Waals surface area contributed by atoms with Gasteiger partial charge in [-0.1, -0.05) is 18.2 Å². The van der Waals surface area contributed by atoms with Crippen LogP contribution in [-0.4, -0.2) is 57.2 Å². The predicted octanol–water partition coefficient (Wildman–Crippen LogP) is 2.57. The van der Waals surface area contributed by atoms with Gasteiger partial charge in [0.15, 0.2) is 12.4 Å². The van der Waals surface area contributed by atoms with Crippen molar-refractivity contribution in [3.63, 3.8) is 0 Å².